The van der Waals surface area contributed by atoms with Crippen LogP contribution < -0.4 is 16.2 Å². The van der Waals surface area contributed by atoms with Crippen LogP contribution in [0.1, 0.15) is 15.9 Å². The average molecular weight is 301 g/mol. The van der Waals surface area contributed by atoms with Crippen molar-refractivity contribution in [3.8, 4) is 6.07 Å². The molecule has 21 heavy (non-hydrogen) atoms. The highest BCUT2D eigenvalue weighted by Crippen LogP contribution is 2.25. The minimum Gasteiger partial charge on any atom is -0.323 e. The maximum atomic E-state index is 12.6. The van der Waals surface area contributed by atoms with Gasteiger partial charge >= 0.3 is 0 Å². The van der Waals surface area contributed by atoms with Crippen LogP contribution in [0.4, 0.5) is 11.4 Å². The molecule has 0 aliphatic heterocycles. The third kappa shape index (κ3) is 2.97. The summed E-state index contributed by atoms with van der Waals surface area (Å²) in [6.45, 7) is 0. The summed E-state index contributed by atoms with van der Waals surface area (Å²) in [5, 5.41) is 9.55. The number of hydrogen-bond acceptors (Lipinski definition) is 4. The molecule has 2 aromatic rings. The molecular formula is C15H13ClN4O. The summed E-state index contributed by atoms with van der Waals surface area (Å²) in [4.78, 5) is 14.0. The van der Waals surface area contributed by atoms with E-state index in [1.165, 1.54) is 11.0 Å². The summed E-state index contributed by atoms with van der Waals surface area (Å²) >= 11 is 5.94. The number of benzene rings is 2. The van der Waals surface area contributed by atoms with Crippen LogP contribution in [0.25, 0.3) is 0 Å². The van der Waals surface area contributed by atoms with Crippen molar-refractivity contribution in [2.75, 3.05) is 17.4 Å². The normalized spacial score (nSPS) is 9.81. The minimum atomic E-state index is -0.312. The number of rotatable bonds is 3. The number of hydrazine groups is 1. The number of nitrogen functional groups attached to an aromatic ring is 1. The van der Waals surface area contributed by atoms with Gasteiger partial charge in [-0.25, -0.2) is 0 Å². The molecule has 5 nitrogen and oxygen atoms in total. The second-order valence-electron chi connectivity index (χ2n) is 4.33. The highest BCUT2D eigenvalue weighted by atomic mass is 35.5. The lowest BCUT2D eigenvalue weighted by atomic mass is 10.1. The number of nitriles is 1. The summed E-state index contributed by atoms with van der Waals surface area (Å²) in [5.74, 6) is 5.11. The van der Waals surface area contributed by atoms with Crippen molar-refractivity contribution in [2.45, 2.75) is 0 Å². The molecule has 106 valence electrons. The van der Waals surface area contributed by atoms with E-state index in [4.69, 9.17) is 22.7 Å². The van der Waals surface area contributed by atoms with Gasteiger partial charge in [-0.1, -0.05) is 23.7 Å². The van der Waals surface area contributed by atoms with Gasteiger partial charge < -0.3 is 10.3 Å². The lowest BCUT2D eigenvalue weighted by Crippen LogP contribution is -2.28. The molecule has 0 saturated carbocycles. The van der Waals surface area contributed by atoms with E-state index < -0.39 is 0 Å². The van der Waals surface area contributed by atoms with Crippen molar-refractivity contribution in [1.29, 1.82) is 5.26 Å². The van der Waals surface area contributed by atoms with Gasteiger partial charge in [-0.3, -0.25) is 10.6 Å². The van der Waals surface area contributed by atoms with E-state index in [0.29, 0.717) is 27.5 Å². The van der Waals surface area contributed by atoms with Crippen molar-refractivity contribution in [3.63, 3.8) is 0 Å². The first-order valence-corrected chi connectivity index (χ1v) is 6.49. The lowest BCUT2D eigenvalue weighted by Gasteiger charge is -2.20. The van der Waals surface area contributed by atoms with Crippen LogP contribution in [-0.4, -0.2) is 13.0 Å². The number of para-hydroxylation sites is 1. The predicted molar refractivity (Wildman–Crippen MR) is 83.2 cm³/mol. The molecule has 6 heteroatoms. The fraction of sp³-hybridized carbons (Fsp3) is 0.0667. The van der Waals surface area contributed by atoms with Crippen LogP contribution in [0.2, 0.25) is 5.02 Å². The van der Waals surface area contributed by atoms with Crippen LogP contribution in [0, 0.1) is 11.3 Å². The number of nitrogens with zero attached hydrogens (tertiary/aromatic N) is 2. The van der Waals surface area contributed by atoms with Crippen LogP contribution >= 0.6 is 11.6 Å². The monoisotopic (exact) mass is 300 g/mol. The number of nitrogens with one attached hydrogen (secondary N) is 1. The number of hydrogen-bond donors (Lipinski definition) is 2. The van der Waals surface area contributed by atoms with E-state index >= 15 is 0 Å². The molecule has 2 rings (SSSR count). The van der Waals surface area contributed by atoms with E-state index in [9.17, 15) is 4.79 Å². The Bertz CT molecular complexity index is 724. The van der Waals surface area contributed by atoms with Gasteiger partial charge in [0.2, 0.25) is 0 Å². The molecule has 0 atom stereocenters. The second kappa shape index (κ2) is 6.27. The third-order valence-electron chi connectivity index (χ3n) is 3.06. The standard InChI is InChI=1S/C15H13ClN4O/c1-20(14-5-3-2-4-10(14)9-17)15(21)12-8-11(16)6-7-13(12)19-18/h2-8,19H,18H2,1H3. The zero-order valence-electron chi connectivity index (χ0n) is 11.3. The minimum absolute atomic E-state index is 0.312. The molecule has 3 N–H and O–H groups in total. The fourth-order valence-electron chi connectivity index (χ4n) is 1.97. The predicted octanol–water partition coefficient (Wildman–Crippen LogP) is 2.77. The summed E-state index contributed by atoms with van der Waals surface area (Å²) in [6.07, 6.45) is 0. The van der Waals surface area contributed by atoms with Crippen LogP contribution in [0.15, 0.2) is 42.5 Å². The van der Waals surface area contributed by atoms with Crippen LogP contribution in [0.3, 0.4) is 0 Å². The number of amides is 1. The lowest BCUT2D eigenvalue weighted by molar-refractivity contribution is 0.0993. The zero-order valence-corrected chi connectivity index (χ0v) is 12.1. The van der Waals surface area contributed by atoms with E-state index in [1.54, 1.807) is 43.4 Å². The summed E-state index contributed by atoms with van der Waals surface area (Å²) < 4.78 is 0. The van der Waals surface area contributed by atoms with Crippen LogP contribution in [0.5, 0.6) is 0 Å². The Hall–Kier alpha value is -2.55. The van der Waals surface area contributed by atoms with Gasteiger partial charge in [0.1, 0.15) is 6.07 Å². The number of halogens is 1. The summed E-state index contributed by atoms with van der Waals surface area (Å²) in [5.41, 5.74) is 4.20. The Morgan fingerprint density at radius 1 is 1.33 bits per heavy atom. The van der Waals surface area contributed by atoms with Gasteiger partial charge in [0.25, 0.3) is 5.91 Å². The van der Waals surface area contributed by atoms with Gasteiger partial charge in [-0.2, -0.15) is 5.26 Å². The number of carbonyl (C=O) groups is 1. The molecular weight excluding hydrogens is 288 g/mol. The molecule has 0 aliphatic rings. The molecule has 0 spiro atoms. The van der Waals surface area contributed by atoms with Gasteiger partial charge in [0, 0.05) is 12.1 Å². The first-order valence-electron chi connectivity index (χ1n) is 6.12. The maximum Gasteiger partial charge on any atom is 0.260 e. The van der Waals surface area contributed by atoms with Crippen molar-refractivity contribution in [3.05, 3.63) is 58.6 Å². The van der Waals surface area contributed by atoms with E-state index in [1.807, 2.05) is 0 Å². The summed E-state index contributed by atoms with van der Waals surface area (Å²) in [7, 11) is 1.60. The summed E-state index contributed by atoms with van der Waals surface area (Å²) in [6, 6.07) is 13.7. The SMILES string of the molecule is CN(C(=O)c1cc(Cl)ccc1NN)c1ccccc1C#N. The molecule has 1 amide bonds. The molecule has 0 aliphatic carbocycles. The topological polar surface area (TPSA) is 82.2 Å². The van der Waals surface area contributed by atoms with Gasteiger partial charge in [-0.05, 0) is 30.3 Å². The van der Waals surface area contributed by atoms with Crippen molar-refractivity contribution in [1.82, 2.24) is 0 Å². The first kappa shape index (κ1) is 14.9. The van der Waals surface area contributed by atoms with Crippen molar-refractivity contribution >= 4 is 28.9 Å². The Morgan fingerprint density at radius 2 is 2.05 bits per heavy atom. The van der Waals surface area contributed by atoms with Gasteiger partial charge in [0.05, 0.1) is 22.5 Å². The van der Waals surface area contributed by atoms with Gasteiger partial charge in [0.15, 0.2) is 0 Å². The molecule has 0 heterocycles. The highest BCUT2D eigenvalue weighted by Gasteiger charge is 2.19. The molecule has 2 aromatic carbocycles. The Labute approximate surface area is 127 Å². The van der Waals surface area contributed by atoms with Crippen LogP contribution in [-0.2, 0) is 0 Å². The largest absolute Gasteiger partial charge is 0.323 e. The molecule has 0 bridgehead atoms. The van der Waals surface area contributed by atoms with Crippen molar-refractivity contribution in [2.24, 2.45) is 5.84 Å². The average Bonchev–Trinajstić information content (AvgIpc) is 2.53. The van der Waals surface area contributed by atoms with Gasteiger partial charge in [-0.15, -0.1) is 0 Å². The fourth-order valence-corrected chi connectivity index (χ4v) is 2.14. The zero-order chi connectivity index (χ0) is 15.4. The first-order chi connectivity index (χ1) is 10.1. The number of carbonyl (C=O) groups excluding carboxylic acids is 1. The third-order valence-corrected chi connectivity index (χ3v) is 3.29. The maximum absolute atomic E-state index is 12.6. The smallest absolute Gasteiger partial charge is 0.260 e. The highest BCUT2D eigenvalue weighted by molar-refractivity contribution is 6.31. The molecule has 0 aromatic heterocycles. The number of nitrogens with two attached hydrogens (primary N) is 1. The molecule has 0 fully saturated rings. The Morgan fingerprint density at radius 3 is 2.71 bits per heavy atom. The second-order valence-corrected chi connectivity index (χ2v) is 4.76. The van der Waals surface area contributed by atoms with E-state index in [-0.39, 0.29) is 5.91 Å². The number of anilines is 2. The Kier molecular flexibility index (Phi) is 4.43. The van der Waals surface area contributed by atoms with E-state index in [2.05, 4.69) is 11.5 Å². The molecule has 0 radical (unpaired) electrons. The molecule has 0 unspecified atom stereocenters. The quantitative estimate of drug-likeness (QED) is 0.674. The van der Waals surface area contributed by atoms with Crippen molar-refractivity contribution < 1.29 is 4.79 Å². The molecule has 0 saturated heterocycles. The van der Waals surface area contributed by atoms with E-state index in [0.717, 1.165) is 0 Å². The Balaban J connectivity index is 2.45.